The molecule has 2 N–H and O–H groups in total. The molecule has 0 bridgehead atoms. The van der Waals surface area contributed by atoms with Crippen molar-refractivity contribution in [3.8, 4) is 11.4 Å². The molecule has 4 rings (SSSR count). The first-order valence-electron chi connectivity index (χ1n) is 8.96. The lowest BCUT2D eigenvalue weighted by molar-refractivity contribution is 0.0955. The Balaban J connectivity index is 1.51. The second-order valence-corrected chi connectivity index (χ2v) is 6.37. The van der Waals surface area contributed by atoms with Gasteiger partial charge in [0, 0.05) is 29.1 Å². The third-order valence-electron chi connectivity index (χ3n) is 4.54. The quantitative estimate of drug-likeness (QED) is 0.418. The number of carbonyl (C=O) groups excluding carboxylic acids is 1. The molecule has 3 aromatic carbocycles. The average Bonchev–Trinajstić information content (AvgIpc) is 2.75. The number of nitrogens with zero attached hydrogens (tertiary/aromatic N) is 2. The summed E-state index contributed by atoms with van der Waals surface area (Å²) in [6.07, 6.45) is 3.09. The summed E-state index contributed by atoms with van der Waals surface area (Å²) < 4.78 is 1.49. The fraction of sp³-hybridized carbons (Fsp3) is 0. The molecule has 4 aromatic rings. The molecule has 0 aliphatic heterocycles. The van der Waals surface area contributed by atoms with Crippen LogP contribution in [0.15, 0.2) is 95.0 Å². The van der Waals surface area contributed by atoms with Gasteiger partial charge in [-0.2, -0.15) is 5.10 Å². The highest BCUT2D eigenvalue weighted by Crippen LogP contribution is 2.25. The highest BCUT2D eigenvalue weighted by molar-refractivity contribution is 6.03. The molecule has 142 valence electrons. The first-order valence-corrected chi connectivity index (χ1v) is 8.96. The fourth-order valence-electron chi connectivity index (χ4n) is 3.05. The number of carbonyl (C=O) groups is 1. The minimum Gasteiger partial charge on any atom is -0.507 e. The average molecular weight is 383 g/mol. The van der Waals surface area contributed by atoms with Crippen molar-refractivity contribution in [2.24, 2.45) is 5.10 Å². The van der Waals surface area contributed by atoms with Gasteiger partial charge in [0.05, 0.1) is 6.21 Å². The Hall–Kier alpha value is -4.19. The van der Waals surface area contributed by atoms with Crippen LogP contribution in [0.1, 0.15) is 15.9 Å². The van der Waals surface area contributed by atoms with E-state index >= 15 is 0 Å². The maximum atomic E-state index is 12.3. The van der Waals surface area contributed by atoms with Crippen molar-refractivity contribution in [2.75, 3.05) is 0 Å². The monoisotopic (exact) mass is 383 g/mol. The summed E-state index contributed by atoms with van der Waals surface area (Å²) in [5.41, 5.74) is 3.91. The smallest absolute Gasteiger partial charge is 0.271 e. The number of benzene rings is 3. The number of aromatic hydroxyl groups is 1. The Morgan fingerprint density at radius 2 is 1.69 bits per heavy atom. The molecule has 0 aliphatic rings. The molecule has 0 spiro atoms. The maximum absolute atomic E-state index is 12.3. The summed E-state index contributed by atoms with van der Waals surface area (Å²) in [4.78, 5) is 24.2. The zero-order valence-corrected chi connectivity index (χ0v) is 15.3. The molecule has 6 heteroatoms. The normalized spacial score (nSPS) is 11.0. The Labute approximate surface area is 166 Å². The van der Waals surface area contributed by atoms with Crippen molar-refractivity contribution in [2.45, 2.75) is 0 Å². The standard InChI is InChI=1S/C23H17N3O3/c27-21-13-10-16-5-1-2-6-19(16)20(21)15-24-25-23(29)17-8-11-18(12-9-17)26-14-4-3-7-22(26)28/h1-15,27H,(H,25,29). The van der Waals surface area contributed by atoms with Crippen LogP contribution in [-0.4, -0.2) is 21.8 Å². The largest absolute Gasteiger partial charge is 0.507 e. The number of hydrogen-bond donors (Lipinski definition) is 2. The van der Waals surface area contributed by atoms with Gasteiger partial charge in [0.25, 0.3) is 11.5 Å². The highest BCUT2D eigenvalue weighted by Gasteiger charge is 2.07. The van der Waals surface area contributed by atoms with Crippen LogP contribution in [0, 0.1) is 0 Å². The highest BCUT2D eigenvalue weighted by atomic mass is 16.3. The van der Waals surface area contributed by atoms with Crippen molar-refractivity contribution < 1.29 is 9.90 Å². The lowest BCUT2D eigenvalue weighted by Crippen LogP contribution is -2.18. The fourth-order valence-corrected chi connectivity index (χ4v) is 3.05. The molecule has 1 heterocycles. The first kappa shape index (κ1) is 18.2. The number of amides is 1. The Morgan fingerprint density at radius 1 is 0.931 bits per heavy atom. The minimum absolute atomic E-state index is 0.0827. The number of aromatic nitrogens is 1. The molecule has 29 heavy (non-hydrogen) atoms. The van der Waals surface area contributed by atoms with E-state index < -0.39 is 5.91 Å². The number of hydrogen-bond acceptors (Lipinski definition) is 4. The van der Waals surface area contributed by atoms with Crippen molar-refractivity contribution in [1.82, 2.24) is 9.99 Å². The van der Waals surface area contributed by atoms with Gasteiger partial charge in [0.2, 0.25) is 0 Å². The molecule has 1 amide bonds. The predicted octanol–water partition coefficient (Wildman–Crippen LogP) is 3.46. The summed E-state index contributed by atoms with van der Waals surface area (Å²) in [6.45, 7) is 0. The van der Waals surface area contributed by atoms with Crippen molar-refractivity contribution >= 4 is 22.9 Å². The topological polar surface area (TPSA) is 83.7 Å². The van der Waals surface area contributed by atoms with Crippen molar-refractivity contribution in [1.29, 1.82) is 0 Å². The van der Waals surface area contributed by atoms with E-state index in [1.807, 2.05) is 30.3 Å². The summed E-state index contributed by atoms with van der Waals surface area (Å²) in [7, 11) is 0. The molecule has 1 aromatic heterocycles. The van der Waals surface area contributed by atoms with Gasteiger partial charge in [-0.05, 0) is 47.2 Å². The van der Waals surface area contributed by atoms with Gasteiger partial charge in [-0.1, -0.05) is 36.4 Å². The van der Waals surface area contributed by atoms with Gasteiger partial charge in [0.1, 0.15) is 5.75 Å². The molecule has 0 unspecified atom stereocenters. The van der Waals surface area contributed by atoms with Gasteiger partial charge in [-0.25, -0.2) is 5.43 Å². The van der Waals surface area contributed by atoms with E-state index in [4.69, 9.17) is 0 Å². The number of fused-ring (bicyclic) bond motifs is 1. The van der Waals surface area contributed by atoms with Crippen LogP contribution in [0.2, 0.25) is 0 Å². The van der Waals surface area contributed by atoms with Gasteiger partial charge in [-0.15, -0.1) is 0 Å². The summed E-state index contributed by atoms with van der Waals surface area (Å²) >= 11 is 0. The molecule has 0 saturated heterocycles. The maximum Gasteiger partial charge on any atom is 0.271 e. The predicted molar refractivity (Wildman–Crippen MR) is 113 cm³/mol. The van der Waals surface area contributed by atoms with Gasteiger partial charge in [-0.3, -0.25) is 14.2 Å². The molecule has 0 aliphatic carbocycles. The molecule has 0 fully saturated rings. The lowest BCUT2D eigenvalue weighted by Gasteiger charge is -2.06. The number of nitrogens with one attached hydrogen (secondary N) is 1. The van der Waals surface area contributed by atoms with Crippen LogP contribution in [0.25, 0.3) is 16.5 Å². The third kappa shape index (κ3) is 3.77. The number of hydrazone groups is 1. The van der Waals surface area contributed by atoms with Crippen molar-refractivity contribution in [3.63, 3.8) is 0 Å². The van der Waals surface area contributed by atoms with E-state index in [1.165, 1.54) is 16.8 Å². The van der Waals surface area contributed by atoms with Crippen molar-refractivity contribution in [3.05, 3.63) is 107 Å². The van der Waals surface area contributed by atoms with E-state index in [0.29, 0.717) is 16.8 Å². The zero-order valence-electron chi connectivity index (χ0n) is 15.3. The molecule has 0 atom stereocenters. The van der Waals surface area contributed by atoms with Gasteiger partial charge in [0.15, 0.2) is 0 Å². The van der Waals surface area contributed by atoms with Crippen LogP contribution in [0.4, 0.5) is 0 Å². The second-order valence-electron chi connectivity index (χ2n) is 6.37. The number of phenolic OH excluding ortho intramolecular Hbond substituents is 1. The second kappa shape index (κ2) is 7.82. The number of rotatable bonds is 4. The van der Waals surface area contributed by atoms with E-state index in [2.05, 4.69) is 10.5 Å². The first-order chi connectivity index (χ1) is 14.1. The van der Waals surface area contributed by atoms with Crippen LogP contribution >= 0.6 is 0 Å². The minimum atomic E-state index is -0.395. The molecule has 0 radical (unpaired) electrons. The van der Waals surface area contributed by atoms with E-state index in [1.54, 1.807) is 48.7 Å². The van der Waals surface area contributed by atoms with Gasteiger partial charge >= 0.3 is 0 Å². The lowest BCUT2D eigenvalue weighted by atomic mass is 10.0. The summed E-state index contributed by atoms with van der Waals surface area (Å²) in [5, 5.41) is 15.9. The molecule has 6 nitrogen and oxygen atoms in total. The summed E-state index contributed by atoms with van der Waals surface area (Å²) in [5.74, 6) is -0.313. The Kier molecular flexibility index (Phi) is 4.90. The zero-order chi connectivity index (χ0) is 20.2. The van der Waals surface area contributed by atoms with E-state index in [9.17, 15) is 14.7 Å². The molecular formula is C23H17N3O3. The molecular weight excluding hydrogens is 366 g/mol. The number of phenols is 1. The van der Waals surface area contributed by atoms with E-state index in [-0.39, 0.29) is 11.3 Å². The van der Waals surface area contributed by atoms with Crippen LogP contribution < -0.4 is 11.0 Å². The summed E-state index contributed by atoms with van der Waals surface area (Å²) in [6, 6.07) is 22.5. The Bertz CT molecular complexity index is 1270. The Morgan fingerprint density at radius 3 is 2.48 bits per heavy atom. The van der Waals surface area contributed by atoms with Crippen LogP contribution in [-0.2, 0) is 0 Å². The van der Waals surface area contributed by atoms with E-state index in [0.717, 1.165) is 10.8 Å². The molecule has 0 saturated carbocycles. The van der Waals surface area contributed by atoms with Crippen LogP contribution in [0.5, 0.6) is 5.75 Å². The van der Waals surface area contributed by atoms with Crippen LogP contribution in [0.3, 0.4) is 0 Å². The third-order valence-corrected chi connectivity index (χ3v) is 4.54. The number of pyridine rings is 1. The van der Waals surface area contributed by atoms with Gasteiger partial charge < -0.3 is 5.11 Å². The SMILES string of the molecule is O=C(NN=Cc1c(O)ccc2ccccc12)c1ccc(-n2ccccc2=O)cc1.